The van der Waals surface area contributed by atoms with Crippen LogP contribution >= 0.6 is 23.4 Å². The first kappa shape index (κ1) is 14.4. The van der Waals surface area contributed by atoms with Crippen LogP contribution in [0.2, 0.25) is 5.02 Å². The smallest absolute Gasteiger partial charge is 0.0541 e. The molecule has 2 N–H and O–H groups in total. The van der Waals surface area contributed by atoms with Crippen molar-refractivity contribution >= 4 is 23.4 Å². The van der Waals surface area contributed by atoms with Crippen molar-refractivity contribution in [3.8, 4) is 0 Å². The van der Waals surface area contributed by atoms with Crippen molar-refractivity contribution in [2.75, 3.05) is 5.75 Å². The second-order valence-corrected chi connectivity index (χ2v) is 6.16. The fourth-order valence-electron chi connectivity index (χ4n) is 1.96. The van der Waals surface area contributed by atoms with Gasteiger partial charge in [0.1, 0.15) is 0 Å². The van der Waals surface area contributed by atoms with Crippen molar-refractivity contribution in [2.24, 2.45) is 5.73 Å². The minimum Gasteiger partial charge on any atom is -0.327 e. The van der Waals surface area contributed by atoms with E-state index in [4.69, 9.17) is 17.3 Å². The average molecular weight is 292 g/mol. The van der Waals surface area contributed by atoms with Crippen LogP contribution in [0, 0.1) is 6.92 Å². The van der Waals surface area contributed by atoms with E-state index in [1.807, 2.05) is 24.3 Å². The average Bonchev–Trinajstić information content (AvgIpc) is 2.38. The van der Waals surface area contributed by atoms with Gasteiger partial charge < -0.3 is 5.73 Å². The molecule has 1 unspecified atom stereocenters. The van der Waals surface area contributed by atoms with Gasteiger partial charge in [0, 0.05) is 16.7 Å². The summed E-state index contributed by atoms with van der Waals surface area (Å²) in [5.74, 6) is 0.873. The molecule has 1 atom stereocenters. The van der Waals surface area contributed by atoms with Gasteiger partial charge in [-0.1, -0.05) is 53.6 Å². The van der Waals surface area contributed by atoms with Gasteiger partial charge in [0.25, 0.3) is 0 Å². The summed E-state index contributed by atoms with van der Waals surface area (Å²) >= 11 is 7.85. The van der Waals surface area contributed by atoms with E-state index in [-0.39, 0.29) is 6.04 Å². The summed E-state index contributed by atoms with van der Waals surface area (Å²) in [5, 5.41) is 0.801. The molecule has 0 aliphatic rings. The largest absolute Gasteiger partial charge is 0.327 e. The molecule has 2 aromatic rings. The summed E-state index contributed by atoms with van der Waals surface area (Å²) < 4.78 is 0. The maximum Gasteiger partial charge on any atom is 0.0541 e. The van der Waals surface area contributed by atoms with E-state index < -0.39 is 0 Å². The second kappa shape index (κ2) is 6.99. The van der Waals surface area contributed by atoms with Gasteiger partial charge in [-0.25, -0.2) is 0 Å². The van der Waals surface area contributed by atoms with Crippen LogP contribution in [0.25, 0.3) is 0 Å². The molecule has 100 valence electrons. The van der Waals surface area contributed by atoms with Crippen molar-refractivity contribution in [2.45, 2.75) is 24.3 Å². The molecule has 0 aliphatic carbocycles. The lowest BCUT2D eigenvalue weighted by Gasteiger charge is -2.12. The molecule has 0 amide bonds. The van der Waals surface area contributed by atoms with Crippen LogP contribution < -0.4 is 5.73 Å². The Bertz CT molecular complexity index is 542. The van der Waals surface area contributed by atoms with E-state index in [0.717, 1.165) is 22.1 Å². The Morgan fingerprint density at radius 1 is 1.16 bits per heavy atom. The molecule has 0 radical (unpaired) electrons. The molecule has 0 fully saturated rings. The molecule has 0 saturated carbocycles. The minimum atomic E-state index is 0.142. The van der Waals surface area contributed by atoms with Gasteiger partial charge in [-0.05, 0) is 31.0 Å². The highest BCUT2D eigenvalue weighted by Crippen LogP contribution is 2.27. The molecule has 0 aromatic heterocycles. The van der Waals surface area contributed by atoms with E-state index in [0.29, 0.717) is 0 Å². The minimum absolute atomic E-state index is 0.142. The lowest BCUT2D eigenvalue weighted by atomic mass is 10.1. The second-order valence-electron chi connectivity index (χ2n) is 4.69. The maximum absolute atomic E-state index is 6.19. The molecule has 0 bridgehead atoms. The number of aryl methyl sites for hydroxylation is 1. The summed E-state index contributed by atoms with van der Waals surface area (Å²) in [6, 6.07) is 16.5. The maximum atomic E-state index is 6.19. The molecule has 19 heavy (non-hydrogen) atoms. The van der Waals surface area contributed by atoms with Crippen LogP contribution in [-0.4, -0.2) is 11.8 Å². The van der Waals surface area contributed by atoms with Gasteiger partial charge >= 0.3 is 0 Å². The molecular weight excluding hydrogens is 274 g/mol. The summed E-state index contributed by atoms with van der Waals surface area (Å²) in [5.41, 5.74) is 8.77. The first-order chi connectivity index (χ1) is 9.15. The third kappa shape index (κ3) is 4.57. The number of thioether (sulfide) groups is 1. The zero-order valence-electron chi connectivity index (χ0n) is 11.0. The Kier molecular flexibility index (Phi) is 5.32. The molecule has 0 saturated heterocycles. The van der Waals surface area contributed by atoms with Gasteiger partial charge in [-0.3, -0.25) is 0 Å². The molecule has 1 nitrogen and oxygen atoms in total. The monoisotopic (exact) mass is 291 g/mol. The quantitative estimate of drug-likeness (QED) is 0.831. The Hall–Kier alpha value is -0.960. The number of halogens is 1. The van der Waals surface area contributed by atoms with E-state index in [1.54, 1.807) is 11.8 Å². The predicted molar refractivity (Wildman–Crippen MR) is 85.0 cm³/mol. The Labute approximate surface area is 124 Å². The number of rotatable bonds is 5. The van der Waals surface area contributed by atoms with Crippen molar-refractivity contribution in [3.05, 3.63) is 64.7 Å². The van der Waals surface area contributed by atoms with E-state index in [1.165, 1.54) is 11.1 Å². The highest BCUT2D eigenvalue weighted by Gasteiger charge is 2.07. The number of nitrogens with two attached hydrogens (primary N) is 1. The molecule has 0 heterocycles. The Morgan fingerprint density at radius 2 is 1.95 bits per heavy atom. The van der Waals surface area contributed by atoms with Crippen LogP contribution in [0.1, 0.15) is 11.1 Å². The van der Waals surface area contributed by atoms with Crippen molar-refractivity contribution in [1.82, 2.24) is 0 Å². The van der Waals surface area contributed by atoms with Gasteiger partial charge in [-0.2, -0.15) is 0 Å². The lowest BCUT2D eigenvalue weighted by Crippen LogP contribution is -2.25. The summed E-state index contributed by atoms with van der Waals surface area (Å²) in [4.78, 5) is 1.10. The SMILES string of the molecule is Cc1cccc(CC(N)CSc2ccccc2Cl)c1. The lowest BCUT2D eigenvalue weighted by molar-refractivity contribution is 0.748. The highest BCUT2D eigenvalue weighted by molar-refractivity contribution is 7.99. The van der Waals surface area contributed by atoms with E-state index in [9.17, 15) is 0 Å². The zero-order valence-corrected chi connectivity index (χ0v) is 12.5. The first-order valence-electron chi connectivity index (χ1n) is 6.33. The number of hydrogen-bond donors (Lipinski definition) is 1. The number of hydrogen-bond acceptors (Lipinski definition) is 2. The highest BCUT2D eigenvalue weighted by atomic mass is 35.5. The fourth-order valence-corrected chi connectivity index (χ4v) is 3.15. The summed E-state index contributed by atoms with van der Waals surface area (Å²) in [6.45, 7) is 2.10. The van der Waals surface area contributed by atoms with Crippen LogP contribution in [0.15, 0.2) is 53.4 Å². The van der Waals surface area contributed by atoms with Crippen molar-refractivity contribution in [3.63, 3.8) is 0 Å². The van der Waals surface area contributed by atoms with Crippen LogP contribution in [-0.2, 0) is 6.42 Å². The molecule has 0 aliphatic heterocycles. The third-order valence-corrected chi connectivity index (χ3v) is 4.57. The normalized spacial score (nSPS) is 12.4. The van der Waals surface area contributed by atoms with Gasteiger partial charge in [0.15, 0.2) is 0 Å². The molecule has 0 spiro atoms. The Morgan fingerprint density at radius 3 is 2.68 bits per heavy atom. The first-order valence-corrected chi connectivity index (χ1v) is 7.70. The van der Waals surface area contributed by atoms with E-state index in [2.05, 4.69) is 31.2 Å². The van der Waals surface area contributed by atoms with Gasteiger partial charge in [0.05, 0.1) is 5.02 Å². The molecule has 2 aromatic carbocycles. The Balaban J connectivity index is 1.88. The topological polar surface area (TPSA) is 26.0 Å². The molecule has 3 heteroatoms. The molecule has 2 rings (SSSR count). The summed E-state index contributed by atoms with van der Waals surface area (Å²) in [6.07, 6.45) is 0.902. The van der Waals surface area contributed by atoms with Crippen LogP contribution in [0.5, 0.6) is 0 Å². The standard InChI is InChI=1S/C16H18ClNS/c1-12-5-4-6-13(9-12)10-14(18)11-19-16-8-3-2-7-15(16)17/h2-9,14H,10-11,18H2,1H3. The van der Waals surface area contributed by atoms with Gasteiger partial charge in [0.2, 0.25) is 0 Å². The fraction of sp³-hybridized carbons (Fsp3) is 0.250. The zero-order chi connectivity index (χ0) is 13.7. The van der Waals surface area contributed by atoms with Gasteiger partial charge in [-0.15, -0.1) is 11.8 Å². The van der Waals surface area contributed by atoms with Crippen LogP contribution in [0.3, 0.4) is 0 Å². The van der Waals surface area contributed by atoms with Crippen molar-refractivity contribution in [1.29, 1.82) is 0 Å². The number of benzene rings is 2. The summed E-state index contributed by atoms with van der Waals surface area (Å²) in [7, 11) is 0. The van der Waals surface area contributed by atoms with E-state index >= 15 is 0 Å². The third-order valence-electron chi connectivity index (χ3n) is 2.87. The van der Waals surface area contributed by atoms with Crippen molar-refractivity contribution < 1.29 is 0 Å². The molecular formula is C16H18ClNS. The predicted octanol–water partition coefficient (Wildman–Crippen LogP) is 4.31. The van der Waals surface area contributed by atoms with Crippen LogP contribution in [0.4, 0.5) is 0 Å².